The van der Waals surface area contributed by atoms with Crippen molar-refractivity contribution >= 4 is 5.82 Å². The van der Waals surface area contributed by atoms with Gasteiger partial charge in [-0.25, -0.2) is 9.97 Å². The number of nitrogens with zero attached hydrogens (tertiary/aromatic N) is 5. The molecule has 114 valence electrons. The first-order valence-electron chi connectivity index (χ1n) is 6.23. The fourth-order valence-electron chi connectivity index (χ4n) is 2.12. The van der Waals surface area contributed by atoms with E-state index in [-0.39, 0.29) is 17.3 Å². The summed E-state index contributed by atoms with van der Waals surface area (Å²) in [4.78, 5) is 7.76. The Morgan fingerprint density at radius 2 is 1.86 bits per heavy atom. The van der Waals surface area contributed by atoms with Gasteiger partial charge in [-0.05, 0) is 12.1 Å². The van der Waals surface area contributed by atoms with E-state index in [0.29, 0.717) is 5.56 Å². The average molecular weight is 308 g/mol. The molecule has 9 heteroatoms. The van der Waals surface area contributed by atoms with E-state index in [1.807, 2.05) is 0 Å². The molecule has 0 unspecified atom stereocenters. The molecule has 3 aromatic heterocycles. The fourth-order valence-corrected chi connectivity index (χ4v) is 2.12. The number of anilines is 1. The minimum absolute atomic E-state index is 0.0207. The lowest BCUT2D eigenvalue weighted by Gasteiger charge is -2.05. The van der Waals surface area contributed by atoms with Crippen molar-refractivity contribution in [1.29, 1.82) is 0 Å². The SMILES string of the molecule is Cn1ccc(-c2c(C(F)(F)F)nn(-c3ncccn3)c2N)c1. The molecule has 0 amide bonds. The van der Waals surface area contributed by atoms with Crippen LogP contribution in [0, 0.1) is 0 Å². The highest BCUT2D eigenvalue weighted by Gasteiger charge is 2.40. The second kappa shape index (κ2) is 4.86. The molecule has 0 aliphatic rings. The fraction of sp³-hybridized carbons (Fsp3) is 0.154. The van der Waals surface area contributed by atoms with Crippen molar-refractivity contribution in [3.8, 4) is 17.1 Å². The molecule has 0 atom stereocenters. The van der Waals surface area contributed by atoms with Gasteiger partial charge < -0.3 is 10.3 Å². The third-order valence-electron chi connectivity index (χ3n) is 3.05. The van der Waals surface area contributed by atoms with Gasteiger partial charge in [-0.15, -0.1) is 0 Å². The lowest BCUT2D eigenvalue weighted by atomic mass is 10.1. The van der Waals surface area contributed by atoms with Crippen LogP contribution < -0.4 is 5.73 Å². The van der Waals surface area contributed by atoms with Gasteiger partial charge in [-0.2, -0.15) is 23.0 Å². The lowest BCUT2D eigenvalue weighted by molar-refractivity contribution is -0.140. The second-order valence-corrected chi connectivity index (χ2v) is 4.63. The van der Waals surface area contributed by atoms with Crippen LogP contribution in [0.25, 0.3) is 17.1 Å². The van der Waals surface area contributed by atoms with Crippen LogP contribution in [0.4, 0.5) is 19.0 Å². The van der Waals surface area contributed by atoms with Crippen LogP contribution in [0.3, 0.4) is 0 Å². The van der Waals surface area contributed by atoms with Gasteiger partial charge in [0.15, 0.2) is 5.69 Å². The predicted octanol–water partition coefficient (Wildman–Crippen LogP) is 2.27. The Morgan fingerprint density at radius 3 is 2.41 bits per heavy atom. The first-order chi connectivity index (χ1) is 10.4. The quantitative estimate of drug-likeness (QED) is 0.788. The molecule has 0 saturated heterocycles. The topological polar surface area (TPSA) is 74.5 Å². The molecule has 0 aliphatic heterocycles. The zero-order chi connectivity index (χ0) is 15.9. The van der Waals surface area contributed by atoms with Gasteiger partial charge in [0.05, 0.1) is 5.56 Å². The number of nitrogen functional groups attached to an aromatic ring is 1. The van der Waals surface area contributed by atoms with E-state index in [1.54, 1.807) is 36.1 Å². The number of hydrogen-bond donors (Lipinski definition) is 1. The molecule has 3 heterocycles. The van der Waals surface area contributed by atoms with E-state index in [2.05, 4.69) is 15.1 Å². The summed E-state index contributed by atoms with van der Waals surface area (Å²) in [5.41, 5.74) is 4.97. The molecule has 22 heavy (non-hydrogen) atoms. The Bertz CT molecular complexity index is 803. The molecule has 0 bridgehead atoms. The highest BCUT2D eigenvalue weighted by molar-refractivity contribution is 5.77. The van der Waals surface area contributed by atoms with Crippen molar-refractivity contribution in [3.05, 3.63) is 42.6 Å². The number of halogens is 3. The van der Waals surface area contributed by atoms with Gasteiger partial charge in [0.2, 0.25) is 0 Å². The summed E-state index contributed by atoms with van der Waals surface area (Å²) >= 11 is 0. The third-order valence-corrected chi connectivity index (χ3v) is 3.05. The maximum Gasteiger partial charge on any atom is 0.435 e. The summed E-state index contributed by atoms with van der Waals surface area (Å²) < 4.78 is 42.3. The van der Waals surface area contributed by atoms with Crippen LogP contribution in [-0.4, -0.2) is 24.3 Å². The van der Waals surface area contributed by atoms with Crippen LogP contribution in [0.1, 0.15) is 5.69 Å². The maximum absolute atomic E-state index is 13.3. The Hall–Kier alpha value is -2.84. The molecular formula is C13H11F3N6. The Morgan fingerprint density at radius 1 is 1.18 bits per heavy atom. The summed E-state index contributed by atoms with van der Waals surface area (Å²) in [6.45, 7) is 0. The van der Waals surface area contributed by atoms with E-state index in [4.69, 9.17) is 5.73 Å². The molecule has 0 spiro atoms. The van der Waals surface area contributed by atoms with Crippen molar-refractivity contribution in [1.82, 2.24) is 24.3 Å². The standard InChI is InChI=1S/C13H11F3N6/c1-21-6-3-8(7-21)9-10(13(14,15)16)20-22(11(9)17)12-18-4-2-5-19-12/h2-7H,17H2,1H3. The number of aromatic nitrogens is 5. The number of rotatable bonds is 2. The lowest BCUT2D eigenvalue weighted by Crippen LogP contribution is -2.09. The van der Waals surface area contributed by atoms with E-state index in [9.17, 15) is 13.2 Å². The summed E-state index contributed by atoms with van der Waals surface area (Å²) in [5, 5.41) is 3.57. The smallest absolute Gasteiger partial charge is 0.383 e. The van der Waals surface area contributed by atoms with Crippen LogP contribution in [0.15, 0.2) is 36.9 Å². The van der Waals surface area contributed by atoms with Gasteiger partial charge in [-0.1, -0.05) is 0 Å². The van der Waals surface area contributed by atoms with Crippen LogP contribution >= 0.6 is 0 Å². The van der Waals surface area contributed by atoms with Crippen LogP contribution in [0.2, 0.25) is 0 Å². The minimum atomic E-state index is -4.64. The van der Waals surface area contributed by atoms with Gasteiger partial charge >= 0.3 is 6.18 Å². The molecule has 0 saturated carbocycles. The highest BCUT2D eigenvalue weighted by Crippen LogP contribution is 2.40. The maximum atomic E-state index is 13.3. The van der Waals surface area contributed by atoms with Crippen LogP contribution in [-0.2, 0) is 13.2 Å². The monoisotopic (exact) mass is 308 g/mol. The molecule has 0 radical (unpaired) electrons. The minimum Gasteiger partial charge on any atom is -0.383 e. The second-order valence-electron chi connectivity index (χ2n) is 4.63. The first kappa shape index (κ1) is 14.1. The predicted molar refractivity (Wildman–Crippen MR) is 73.0 cm³/mol. The van der Waals surface area contributed by atoms with Gasteiger partial charge in [0.25, 0.3) is 5.95 Å². The summed E-state index contributed by atoms with van der Waals surface area (Å²) in [7, 11) is 1.71. The third kappa shape index (κ3) is 2.30. The number of alkyl halides is 3. The molecule has 3 rings (SSSR count). The van der Waals surface area contributed by atoms with Crippen LogP contribution in [0.5, 0.6) is 0 Å². The Kier molecular flexibility index (Phi) is 3.12. The molecule has 2 N–H and O–H groups in total. The van der Waals surface area contributed by atoms with Crippen molar-refractivity contribution in [2.75, 3.05) is 5.73 Å². The van der Waals surface area contributed by atoms with Crippen molar-refractivity contribution in [3.63, 3.8) is 0 Å². The van der Waals surface area contributed by atoms with E-state index in [1.165, 1.54) is 12.4 Å². The van der Waals surface area contributed by atoms with Gasteiger partial charge in [0.1, 0.15) is 5.82 Å². The van der Waals surface area contributed by atoms with E-state index in [0.717, 1.165) is 4.68 Å². The number of aryl methyl sites for hydroxylation is 1. The Labute approximate surface area is 123 Å². The zero-order valence-corrected chi connectivity index (χ0v) is 11.4. The summed E-state index contributed by atoms with van der Waals surface area (Å²) in [6.07, 6.45) is 1.33. The van der Waals surface area contributed by atoms with Gasteiger partial charge in [0, 0.05) is 37.4 Å². The van der Waals surface area contributed by atoms with Crippen molar-refractivity contribution < 1.29 is 13.2 Å². The highest BCUT2D eigenvalue weighted by atomic mass is 19.4. The molecule has 0 fully saturated rings. The Balaban J connectivity index is 2.26. The van der Waals surface area contributed by atoms with Crippen molar-refractivity contribution in [2.24, 2.45) is 7.05 Å². The van der Waals surface area contributed by atoms with Crippen molar-refractivity contribution in [2.45, 2.75) is 6.18 Å². The largest absolute Gasteiger partial charge is 0.435 e. The number of nitrogens with two attached hydrogens (primary N) is 1. The molecular weight excluding hydrogens is 297 g/mol. The van der Waals surface area contributed by atoms with E-state index >= 15 is 0 Å². The van der Waals surface area contributed by atoms with Gasteiger partial charge in [-0.3, -0.25) is 0 Å². The summed E-state index contributed by atoms with van der Waals surface area (Å²) in [6, 6.07) is 3.09. The number of hydrogen-bond acceptors (Lipinski definition) is 4. The molecule has 6 nitrogen and oxygen atoms in total. The zero-order valence-electron chi connectivity index (χ0n) is 11.4. The average Bonchev–Trinajstić information content (AvgIpc) is 3.03. The summed E-state index contributed by atoms with van der Waals surface area (Å²) in [5.74, 6) is -0.183. The van der Waals surface area contributed by atoms with E-state index < -0.39 is 11.9 Å². The molecule has 0 aromatic carbocycles. The molecule has 3 aromatic rings. The molecule has 0 aliphatic carbocycles. The normalized spacial score (nSPS) is 11.8. The first-order valence-corrected chi connectivity index (χ1v) is 6.23.